The number of hydrogen-bond acceptors (Lipinski definition) is 7. The number of ether oxygens (including phenoxy) is 2. The molecule has 0 aliphatic rings. The smallest absolute Gasteiger partial charge is 0.308 e. The molecule has 7 nitrogen and oxygen atoms in total. The van der Waals surface area contributed by atoms with Crippen LogP contribution in [0.3, 0.4) is 0 Å². The second-order valence-electron chi connectivity index (χ2n) is 17.0. The lowest BCUT2D eigenvalue weighted by Crippen LogP contribution is -2.34. The van der Waals surface area contributed by atoms with Crippen LogP contribution >= 0.6 is 0 Å². The highest BCUT2D eigenvalue weighted by Gasteiger charge is 2.19. The van der Waals surface area contributed by atoms with Gasteiger partial charge in [0.1, 0.15) is 0 Å². The maximum atomic E-state index is 12.8. The van der Waals surface area contributed by atoms with Gasteiger partial charge in [0.2, 0.25) is 0 Å². The Morgan fingerprint density at radius 1 is 0.536 bits per heavy atom. The first-order valence-corrected chi connectivity index (χ1v) is 24.6. The summed E-state index contributed by atoms with van der Waals surface area (Å²) in [4.78, 5) is 25.3. The van der Waals surface area contributed by atoms with Crippen LogP contribution in [0.5, 0.6) is 0 Å². The van der Waals surface area contributed by atoms with Crippen molar-refractivity contribution in [3.05, 3.63) is 0 Å². The minimum Gasteiger partial charge on any atom is -0.468 e. The largest absolute Gasteiger partial charge is 0.468 e. The first-order valence-electron chi connectivity index (χ1n) is 24.6. The molecule has 0 spiro atoms. The van der Waals surface area contributed by atoms with E-state index >= 15 is 0 Å². The van der Waals surface area contributed by atoms with Gasteiger partial charge in [-0.2, -0.15) is 0 Å². The molecule has 0 rings (SSSR count). The van der Waals surface area contributed by atoms with E-state index in [9.17, 15) is 14.7 Å². The fourth-order valence-electron chi connectivity index (χ4n) is 7.53. The van der Waals surface area contributed by atoms with E-state index in [0.717, 1.165) is 96.1 Å². The molecule has 0 bridgehead atoms. The summed E-state index contributed by atoms with van der Waals surface area (Å²) in [5.74, 6) is 1.00. The highest BCUT2D eigenvalue weighted by Crippen LogP contribution is 2.21. The first kappa shape index (κ1) is 56.9. The Bertz CT molecular complexity index is 767. The lowest BCUT2D eigenvalue weighted by molar-refractivity contribution is -0.149. The summed E-state index contributed by atoms with van der Waals surface area (Å²) < 4.78 is 10.4. The summed E-state index contributed by atoms with van der Waals surface area (Å²) in [7, 11) is 0. The molecule has 3 atom stereocenters. The van der Waals surface area contributed by atoms with Gasteiger partial charge in [-0.3, -0.25) is 9.59 Å². The van der Waals surface area contributed by atoms with Gasteiger partial charge in [-0.25, -0.2) is 0 Å². The molecule has 3 unspecified atom stereocenters. The number of aliphatic hydroxyl groups excluding tert-OH is 2. The molecular weight excluding hydrogens is 699 g/mol. The van der Waals surface area contributed by atoms with E-state index in [1.807, 2.05) is 0 Å². The zero-order chi connectivity index (χ0) is 41.6. The monoisotopic (exact) mass is 798 g/mol. The van der Waals surface area contributed by atoms with Gasteiger partial charge >= 0.3 is 5.97 Å². The Hall–Kier alpha value is -1.18. The number of carbonyl (C=O) groups is 2. The topological polar surface area (TPSA) is 96.3 Å². The Balaban J connectivity index is 0. The molecule has 336 valence electrons. The van der Waals surface area contributed by atoms with Crippen molar-refractivity contribution in [2.75, 3.05) is 39.5 Å². The van der Waals surface area contributed by atoms with Crippen molar-refractivity contribution in [2.24, 2.45) is 11.8 Å². The predicted octanol–water partition coefficient (Wildman–Crippen LogP) is 13.5. The van der Waals surface area contributed by atoms with Gasteiger partial charge in [-0.1, -0.05) is 189 Å². The highest BCUT2D eigenvalue weighted by molar-refractivity contribution is 5.72. The minimum absolute atomic E-state index is 0.0154. The van der Waals surface area contributed by atoms with Crippen molar-refractivity contribution in [3.63, 3.8) is 0 Å². The average molecular weight is 798 g/mol. The molecule has 0 fully saturated rings. The summed E-state index contributed by atoms with van der Waals surface area (Å²) in [5.41, 5.74) is 0. The van der Waals surface area contributed by atoms with Crippen molar-refractivity contribution in [3.8, 4) is 0 Å². The third-order valence-corrected chi connectivity index (χ3v) is 11.3. The third-order valence-electron chi connectivity index (χ3n) is 11.3. The second kappa shape index (κ2) is 48.2. The summed E-state index contributed by atoms with van der Waals surface area (Å²) in [5, 5.41) is 19.8. The molecule has 0 saturated carbocycles. The molecule has 0 aromatic rings. The van der Waals surface area contributed by atoms with Crippen LogP contribution in [0.2, 0.25) is 0 Å². The lowest BCUT2D eigenvalue weighted by atomic mass is 9.94. The molecule has 0 aromatic heterocycles. The zero-order valence-electron chi connectivity index (χ0n) is 38.4. The molecule has 0 aliphatic heterocycles. The van der Waals surface area contributed by atoms with Crippen LogP contribution < -0.4 is 0 Å². The average Bonchev–Trinajstić information content (AvgIpc) is 3.19. The Morgan fingerprint density at radius 3 is 1.46 bits per heavy atom. The van der Waals surface area contributed by atoms with Crippen LogP contribution in [0.15, 0.2) is 0 Å². The summed E-state index contributed by atoms with van der Waals surface area (Å²) in [6.45, 7) is 15.5. The van der Waals surface area contributed by atoms with Crippen LogP contribution in [0, 0.1) is 11.8 Å². The van der Waals surface area contributed by atoms with E-state index in [1.165, 1.54) is 128 Å². The molecule has 0 amide bonds. The second-order valence-corrected chi connectivity index (χ2v) is 17.0. The highest BCUT2D eigenvalue weighted by atomic mass is 16.5. The van der Waals surface area contributed by atoms with E-state index in [4.69, 9.17) is 14.6 Å². The number of esters is 1. The Kier molecular flexibility index (Phi) is 49.0. The van der Waals surface area contributed by atoms with Crippen LogP contribution in [0.25, 0.3) is 0 Å². The molecule has 0 aromatic carbocycles. The zero-order valence-corrected chi connectivity index (χ0v) is 38.4. The van der Waals surface area contributed by atoms with E-state index in [-0.39, 0.29) is 18.5 Å². The molecular formula is C49H99NO6. The van der Waals surface area contributed by atoms with Crippen molar-refractivity contribution in [1.82, 2.24) is 4.90 Å². The number of hydrogen-bond donors (Lipinski definition) is 2. The van der Waals surface area contributed by atoms with E-state index in [1.54, 1.807) is 0 Å². The van der Waals surface area contributed by atoms with Gasteiger partial charge in [0.05, 0.1) is 25.2 Å². The molecule has 0 heterocycles. The van der Waals surface area contributed by atoms with Gasteiger partial charge in [0.25, 0.3) is 6.47 Å². The maximum Gasteiger partial charge on any atom is 0.308 e. The van der Waals surface area contributed by atoms with Gasteiger partial charge in [0, 0.05) is 13.2 Å². The molecule has 0 saturated heterocycles. The number of carbonyl (C=O) groups excluding carboxylic acids is 2. The minimum atomic E-state index is -0.398. The van der Waals surface area contributed by atoms with E-state index < -0.39 is 6.10 Å². The molecule has 0 aliphatic carbocycles. The van der Waals surface area contributed by atoms with E-state index in [0.29, 0.717) is 32.7 Å². The standard InChI is InChI=1S/C33H65NO6.C16H34/c1-3-5-7-9-10-14-22-31(21-13-8-6-4-2)33(38)40-28-20-15-23-32(37)29-34(25-17-18-26-35)24-16-11-12-19-27-39-30-36;1-4-6-8-10-11-13-15-16(3)14-12-9-7-5-2/h30-32,35,37H,3-29H2,1-2H3;16H,4-15H2,1-3H3. The predicted molar refractivity (Wildman–Crippen MR) is 240 cm³/mol. The molecule has 7 heteroatoms. The number of nitrogens with zero attached hydrogens (tertiary/aromatic N) is 1. The van der Waals surface area contributed by atoms with Crippen LogP contribution in [-0.4, -0.2) is 73.1 Å². The fourth-order valence-corrected chi connectivity index (χ4v) is 7.53. The maximum absolute atomic E-state index is 12.8. The first-order chi connectivity index (χ1) is 27.4. The molecule has 2 N–H and O–H groups in total. The van der Waals surface area contributed by atoms with Crippen LogP contribution in [0.4, 0.5) is 0 Å². The number of rotatable bonds is 44. The van der Waals surface area contributed by atoms with Gasteiger partial charge < -0.3 is 24.6 Å². The van der Waals surface area contributed by atoms with Crippen molar-refractivity contribution in [2.45, 2.75) is 253 Å². The van der Waals surface area contributed by atoms with Gasteiger partial charge in [-0.05, 0) is 76.8 Å². The van der Waals surface area contributed by atoms with E-state index in [2.05, 4.69) is 39.5 Å². The van der Waals surface area contributed by atoms with Gasteiger partial charge in [0.15, 0.2) is 0 Å². The lowest BCUT2D eigenvalue weighted by Gasteiger charge is -2.25. The van der Waals surface area contributed by atoms with Crippen molar-refractivity contribution < 1.29 is 29.3 Å². The summed E-state index contributed by atoms with van der Waals surface area (Å²) >= 11 is 0. The Labute approximate surface area is 349 Å². The van der Waals surface area contributed by atoms with Crippen LogP contribution in [0.1, 0.15) is 247 Å². The van der Waals surface area contributed by atoms with Crippen LogP contribution in [-0.2, 0) is 19.1 Å². The number of unbranched alkanes of at least 4 members (excludes halogenated alkanes) is 21. The normalized spacial score (nSPS) is 12.9. The summed E-state index contributed by atoms with van der Waals surface area (Å²) in [6, 6.07) is 0. The summed E-state index contributed by atoms with van der Waals surface area (Å²) in [6.07, 6.45) is 39.1. The SMILES string of the molecule is CCCCCCCCC(C)CCCCCC.CCCCCCCCC(CCCCCC)C(=O)OCCCCC(O)CN(CCCCO)CCCCCCOC=O. The number of aliphatic hydroxyl groups is 2. The third kappa shape index (κ3) is 43.9. The van der Waals surface area contributed by atoms with Gasteiger partial charge in [-0.15, -0.1) is 0 Å². The van der Waals surface area contributed by atoms with Crippen molar-refractivity contribution in [1.29, 1.82) is 0 Å². The van der Waals surface area contributed by atoms with Crippen molar-refractivity contribution >= 4 is 12.4 Å². The molecule has 0 radical (unpaired) electrons. The quantitative estimate of drug-likeness (QED) is 0.0360. The Morgan fingerprint density at radius 2 is 0.946 bits per heavy atom. The fraction of sp³-hybridized carbons (Fsp3) is 0.959. The molecule has 56 heavy (non-hydrogen) atoms.